The molecule has 40 heavy (non-hydrogen) atoms. The van der Waals surface area contributed by atoms with Crippen molar-refractivity contribution < 1.29 is 14.0 Å². The minimum absolute atomic E-state index is 0.0794. The zero-order chi connectivity index (χ0) is 29.6. The molecule has 2 aromatic rings. The van der Waals surface area contributed by atoms with Gasteiger partial charge in [-0.1, -0.05) is 0 Å². The number of unbranched alkanes of at least 4 members (excludes halogenated alkanes) is 3. The molecule has 0 spiro atoms. The Bertz CT molecular complexity index is 1100. The number of ether oxygens (including phenoxy) is 1. The third-order valence-electron chi connectivity index (χ3n) is 9.57. The number of benzene rings is 1. The third-order valence-corrected chi connectivity index (χ3v) is 33.4. The maximum atomic E-state index is 12.4. The molecule has 1 atom stereocenters. The van der Waals surface area contributed by atoms with Crippen LogP contribution in [0.4, 0.5) is 0 Å². The average molecular weight is 693 g/mol. The molecule has 1 unspecified atom stereocenters. The van der Waals surface area contributed by atoms with E-state index in [1.54, 1.807) is 2.89 Å². The molecule has 0 bridgehead atoms. The molecular formula is C33H55NO3SSiSn. The van der Waals surface area contributed by atoms with Gasteiger partial charge < -0.3 is 0 Å². The molecule has 1 aromatic carbocycles. The Morgan fingerprint density at radius 2 is 1.65 bits per heavy atom. The van der Waals surface area contributed by atoms with Gasteiger partial charge in [0, 0.05) is 0 Å². The van der Waals surface area contributed by atoms with Crippen molar-refractivity contribution in [1.82, 2.24) is 4.98 Å². The van der Waals surface area contributed by atoms with E-state index in [-0.39, 0.29) is 11.0 Å². The molecule has 0 N–H and O–H groups in total. The minimum atomic E-state index is -2.63. The van der Waals surface area contributed by atoms with Gasteiger partial charge in [0.15, 0.2) is 0 Å². The molecular weight excluding hydrogens is 637 g/mol. The Morgan fingerprint density at radius 1 is 1.05 bits per heavy atom. The number of aryl methyl sites for hydroxylation is 1. The van der Waals surface area contributed by atoms with Gasteiger partial charge in [-0.2, -0.15) is 0 Å². The number of fused-ring (bicyclic) bond motifs is 1. The van der Waals surface area contributed by atoms with Crippen LogP contribution in [-0.4, -0.2) is 44.8 Å². The van der Waals surface area contributed by atoms with E-state index in [9.17, 15) is 4.79 Å². The molecule has 4 nitrogen and oxygen atoms in total. The molecule has 0 saturated heterocycles. The number of carbonyl (C=O) groups is 1. The van der Waals surface area contributed by atoms with Crippen LogP contribution in [0.1, 0.15) is 119 Å². The Hall–Kier alpha value is -0.704. The van der Waals surface area contributed by atoms with Gasteiger partial charge in [0.2, 0.25) is 0 Å². The van der Waals surface area contributed by atoms with Crippen molar-refractivity contribution in [2.45, 2.75) is 136 Å². The summed E-state index contributed by atoms with van der Waals surface area (Å²) >= 11 is -0.619. The number of methoxy groups -OCH3 is 1. The fraction of sp³-hybridized carbons (Fsp3) is 0.697. The monoisotopic (exact) mass is 693 g/mol. The zero-order valence-electron chi connectivity index (χ0n) is 26.9. The predicted octanol–water partition coefficient (Wildman–Crippen LogP) is 9.59. The fourth-order valence-corrected chi connectivity index (χ4v) is 27.4. The van der Waals surface area contributed by atoms with Gasteiger partial charge in [0.25, 0.3) is 0 Å². The number of rotatable bonds is 14. The van der Waals surface area contributed by atoms with E-state index in [2.05, 4.69) is 66.9 Å². The summed E-state index contributed by atoms with van der Waals surface area (Å²) in [7, 11) is -0.710. The first-order valence-corrected chi connectivity index (χ1v) is 27.0. The molecule has 1 aromatic heterocycles. The summed E-state index contributed by atoms with van der Waals surface area (Å²) in [6.45, 7) is 18.7. The van der Waals surface area contributed by atoms with Crippen molar-refractivity contribution in [2.75, 3.05) is 7.11 Å². The summed E-state index contributed by atoms with van der Waals surface area (Å²) in [5, 5.41) is 1.24. The quantitative estimate of drug-likeness (QED) is 0.146. The van der Waals surface area contributed by atoms with Crippen LogP contribution in [-0.2, 0) is 21.2 Å². The maximum absolute atomic E-state index is 12.4. The van der Waals surface area contributed by atoms with Gasteiger partial charge >= 0.3 is 255 Å². The molecule has 1 heterocycles. The second-order valence-electron chi connectivity index (χ2n) is 13.5. The van der Waals surface area contributed by atoms with Crippen molar-refractivity contribution in [2.24, 2.45) is 0 Å². The summed E-state index contributed by atoms with van der Waals surface area (Å²) in [5.74, 6) is -0.276. The third kappa shape index (κ3) is 7.25. The Balaban J connectivity index is 2.21. The van der Waals surface area contributed by atoms with Crippen molar-refractivity contribution in [3.63, 3.8) is 0 Å². The number of carbonyl (C=O) groups excluding carboxylic acids is 1. The number of hydrogen-bond donors (Lipinski definition) is 0. The SMILES string of the molecule is CCC[CH2][Sn]([CH2]CCC)([CH2]CCC)[c]1cnc(C2(O[Si](C)(C)C(C)(C)C)CCCc3cc(C(=O)OC)ccc32)s1. The second kappa shape index (κ2) is 14.2. The van der Waals surface area contributed by atoms with Gasteiger partial charge in [0.1, 0.15) is 0 Å². The summed E-state index contributed by atoms with van der Waals surface area (Å²) in [6.07, 6.45) is 13.1. The number of nitrogens with zero attached hydrogens (tertiary/aromatic N) is 1. The molecule has 3 rings (SSSR count). The van der Waals surface area contributed by atoms with Gasteiger partial charge in [0.05, 0.1) is 0 Å². The van der Waals surface area contributed by atoms with Crippen LogP contribution in [0.2, 0.25) is 31.4 Å². The van der Waals surface area contributed by atoms with Crippen LogP contribution in [0.5, 0.6) is 0 Å². The second-order valence-corrected chi connectivity index (χ2v) is 33.4. The molecule has 0 fully saturated rings. The molecule has 1 aliphatic carbocycles. The van der Waals surface area contributed by atoms with E-state index >= 15 is 0 Å². The van der Waals surface area contributed by atoms with Crippen molar-refractivity contribution in [3.05, 3.63) is 46.1 Å². The van der Waals surface area contributed by atoms with Gasteiger partial charge in [-0.3, -0.25) is 0 Å². The molecule has 0 amide bonds. The van der Waals surface area contributed by atoms with Crippen LogP contribution in [0, 0.1) is 0 Å². The molecule has 0 saturated carbocycles. The first kappa shape index (κ1) is 33.8. The van der Waals surface area contributed by atoms with Gasteiger partial charge in [-0.05, 0) is 0 Å². The molecule has 1 aliphatic rings. The molecule has 7 heteroatoms. The summed E-state index contributed by atoms with van der Waals surface area (Å²) in [4.78, 5) is 17.7. The number of thiazole rings is 1. The van der Waals surface area contributed by atoms with Crippen LogP contribution in [0.15, 0.2) is 24.4 Å². The number of hydrogen-bond acceptors (Lipinski definition) is 5. The Labute approximate surface area is 254 Å². The fourth-order valence-electron chi connectivity index (χ4n) is 6.06. The topological polar surface area (TPSA) is 48.4 Å². The van der Waals surface area contributed by atoms with E-state index in [4.69, 9.17) is 14.1 Å². The summed E-state index contributed by atoms with van der Waals surface area (Å²) in [5.41, 5.74) is 2.50. The Morgan fingerprint density at radius 3 is 2.17 bits per heavy atom. The van der Waals surface area contributed by atoms with E-state index in [0.29, 0.717) is 5.56 Å². The Kier molecular flexibility index (Phi) is 12.0. The number of esters is 1. The predicted molar refractivity (Wildman–Crippen MR) is 176 cm³/mol. The van der Waals surface area contributed by atoms with Crippen LogP contribution in [0.25, 0.3) is 0 Å². The van der Waals surface area contributed by atoms with Crippen LogP contribution in [0.3, 0.4) is 0 Å². The van der Waals surface area contributed by atoms with E-state index in [1.165, 1.54) is 70.1 Å². The van der Waals surface area contributed by atoms with E-state index < -0.39 is 32.3 Å². The first-order chi connectivity index (χ1) is 18.9. The average Bonchev–Trinajstić information content (AvgIpc) is 3.43. The van der Waals surface area contributed by atoms with E-state index in [0.717, 1.165) is 24.3 Å². The molecule has 224 valence electrons. The number of aromatic nitrogens is 1. The zero-order valence-corrected chi connectivity index (χ0v) is 31.5. The van der Waals surface area contributed by atoms with Crippen molar-refractivity contribution in [1.29, 1.82) is 0 Å². The molecule has 0 radical (unpaired) electrons. The first-order valence-electron chi connectivity index (χ1n) is 15.8. The summed E-state index contributed by atoms with van der Waals surface area (Å²) < 4.78 is 18.6. The summed E-state index contributed by atoms with van der Waals surface area (Å²) in [6, 6.07) is 6.13. The standard InChI is InChI=1S/C21H28NO3SSi.3C4H9.Sn/c1-20(2,3)27(5,6)25-21(19-22-12-13-26-19)11-7-8-15-14-16(18(23)24-4)9-10-17(15)21;3*1-3-4-2;/h9-10,12,14H,7-8,11H2,1-6H3;3*1,3-4H2,2H3;. The van der Waals surface area contributed by atoms with Crippen LogP contribution < -0.4 is 2.89 Å². The van der Waals surface area contributed by atoms with Crippen molar-refractivity contribution >= 4 is 46.9 Å². The van der Waals surface area contributed by atoms with Crippen LogP contribution >= 0.6 is 11.3 Å². The normalized spacial score (nSPS) is 18.0. The van der Waals surface area contributed by atoms with E-state index in [1.807, 2.05) is 23.5 Å². The van der Waals surface area contributed by atoms with Crippen molar-refractivity contribution in [3.8, 4) is 0 Å². The van der Waals surface area contributed by atoms with Gasteiger partial charge in [-0.15, -0.1) is 0 Å². The van der Waals surface area contributed by atoms with Gasteiger partial charge in [-0.25, -0.2) is 0 Å². The molecule has 0 aliphatic heterocycles.